The van der Waals surface area contributed by atoms with Gasteiger partial charge in [-0.05, 0) is 83.6 Å². The van der Waals surface area contributed by atoms with Gasteiger partial charge in [0.1, 0.15) is 0 Å². The molecule has 0 unspecified atom stereocenters. The lowest BCUT2D eigenvalue weighted by molar-refractivity contribution is 0.121. The molecule has 27 heavy (non-hydrogen) atoms. The van der Waals surface area contributed by atoms with E-state index in [1.807, 2.05) is 0 Å². The van der Waals surface area contributed by atoms with E-state index in [0.717, 1.165) is 50.6 Å². The molecule has 2 aliphatic heterocycles. The summed E-state index contributed by atoms with van der Waals surface area (Å²) in [7, 11) is 1.78. The Balaban J connectivity index is 1.61. The Hall–Kier alpha value is -0.850. The molecule has 158 valence electrons. The molecule has 2 heterocycles. The third-order valence-corrected chi connectivity index (χ3v) is 5.99. The quantitative estimate of drug-likeness (QED) is 0.344. The Kier molecular flexibility index (Phi) is 11.1. The molecule has 2 aliphatic rings. The largest absolute Gasteiger partial charge is 0.383 e. The van der Waals surface area contributed by atoms with E-state index in [9.17, 15) is 0 Å². The lowest BCUT2D eigenvalue weighted by atomic mass is 9.97. The van der Waals surface area contributed by atoms with E-state index in [1.54, 1.807) is 7.11 Å². The van der Waals surface area contributed by atoms with E-state index >= 15 is 0 Å². The Morgan fingerprint density at radius 2 is 1.67 bits per heavy atom. The van der Waals surface area contributed by atoms with Gasteiger partial charge in [0.2, 0.25) is 0 Å². The molecule has 0 bridgehead atoms. The molecule has 2 fully saturated rings. The molecule has 0 spiro atoms. The van der Waals surface area contributed by atoms with Crippen molar-refractivity contribution in [1.82, 2.24) is 20.4 Å². The summed E-state index contributed by atoms with van der Waals surface area (Å²) in [5, 5.41) is 6.93. The summed E-state index contributed by atoms with van der Waals surface area (Å²) in [6, 6.07) is 0. The van der Waals surface area contributed by atoms with Crippen LogP contribution in [0.1, 0.15) is 46.0 Å². The number of rotatable bonds is 10. The second-order valence-corrected chi connectivity index (χ2v) is 8.30. The first-order chi connectivity index (χ1) is 13.2. The molecule has 0 radical (unpaired) electrons. The fraction of sp³-hybridized carbons (Fsp3) is 0.952. The number of likely N-dealkylation sites (tertiary alicyclic amines) is 2. The van der Waals surface area contributed by atoms with Gasteiger partial charge in [-0.25, -0.2) is 0 Å². The predicted octanol–water partition coefficient (Wildman–Crippen LogP) is 2.02. The maximum Gasteiger partial charge on any atom is 0.191 e. The molecular formula is C21H43N5O. The molecular weight excluding hydrogens is 338 g/mol. The monoisotopic (exact) mass is 381 g/mol. The standard InChI is InChI=1S/C21H43N5O/c1-4-22-21(23-10-5-11-25-12-6-19(2)7-13-25)24-18-20-8-14-26(15-9-20)16-17-27-3/h19-20H,4-18H2,1-3H3,(H2,22,23,24). The Morgan fingerprint density at radius 1 is 1.00 bits per heavy atom. The van der Waals surface area contributed by atoms with Crippen molar-refractivity contribution in [2.24, 2.45) is 16.8 Å². The number of nitrogens with zero attached hydrogens (tertiary/aromatic N) is 3. The van der Waals surface area contributed by atoms with Gasteiger partial charge in [-0.3, -0.25) is 4.99 Å². The number of guanidine groups is 1. The fourth-order valence-electron chi connectivity index (χ4n) is 3.97. The number of hydrogen-bond donors (Lipinski definition) is 2. The molecule has 0 aromatic heterocycles. The minimum atomic E-state index is 0.717. The van der Waals surface area contributed by atoms with Crippen LogP contribution in [0.15, 0.2) is 4.99 Å². The lowest BCUT2D eigenvalue weighted by Gasteiger charge is -2.31. The third kappa shape index (κ3) is 9.26. The van der Waals surface area contributed by atoms with Crippen molar-refractivity contribution in [1.29, 1.82) is 0 Å². The first-order valence-electron chi connectivity index (χ1n) is 11.2. The van der Waals surface area contributed by atoms with Gasteiger partial charge in [0.15, 0.2) is 5.96 Å². The van der Waals surface area contributed by atoms with Crippen molar-refractivity contribution < 1.29 is 4.74 Å². The molecule has 2 rings (SSSR count). The molecule has 0 aliphatic carbocycles. The number of methoxy groups -OCH3 is 1. The molecule has 0 atom stereocenters. The van der Waals surface area contributed by atoms with Crippen LogP contribution in [0.5, 0.6) is 0 Å². The highest BCUT2D eigenvalue weighted by atomic mass is 16.5. The highest BCUT2D eigenvalue weighted by molar-refractivity contribution is 5.79. The summed E-state index contributed by atoms with van der Waals surface area (Å²) in [5.74, 6) is 2.62. The van der Waals surface area contributed by atoms with E-state index < -0.39 is 0 Å². The minimum absolute atomic E-state index is 0.717. The Bertz CT molecular complexity index is 401. The van der Waals surface area contributed by atoms with Crippen LogP contribution in [0.25, 0.3) is 0 Å². The maximum atomic E-state index is 5.18. The normalized spacial score (nSPS) is 21.5. The number of piperidine rings is 2. The minimum Gasteiger partial charge on any atom is -0.383 e. The molecule has 6 heteroatoms. The van der Waals surface area contributed by atoms with Crippen LogP contribution in [-0.2, 0) is 4.74 Å². The maximum absolute atomic E-state index is 5.18. The van der Waals surface area contributed by atoms with E-state index in [2.05, 4.69) is 34.3 Å². The van der Waals surface area contributed by atoms with Crippen LogP contribution < -0.4 is 10.6 Å². The van der Waals surface area contributed by atoms with Crippen LogP contribution >= 0.6 is 0 Å². The van der Waals surface area contributed by atoms with Crippen LogP contribution in [0.4, 0.5) is 0 Å². The summed E-state index contributed by atoms with van der Waals surface area (Å²) >= 11 is 0. The van der Waals surface area contributed by atoms with Gasteiger partial charge in [0.25, 0.3) is 0 Å². The average Bonchev–Trinajstić information content (AvgIpc) is 2.70. The summed E-state index contributed by atoms with van der Waals surface area (Å²) in [5.41, 5.74) is 0. The zero-order valence-corrected chi connectivity index (χ0v) is 18.0. The molecule has 0 saturated carbocycles. The zero-order valence-electron chi connectivity index (χ0n) is 18.0. The van der Waals surface area contributed by atoms with Gasteiger partial charge in [-0.1, -0.05) is 6.92 Å². The summed E-state index contributed by atoms with van der Waals surface area (Å²) < 4.78 is 5.18. The van der Waals surface area contributed by atoms with E-state index in [1.165, 1.54) is 64.8 Å². The molecule has 2 N–H and O–H groups in total. The van der Waals surface area contributed by atoms with Gasteiger partial charge in [0.05, 0.1) is 6.61 Å². The van der Waals surface area contributed by atoms with Crippen LogP contribution in [-0.4, -0.2) is 88.4 Å². The van der Waals surface area contributed by atoms with Crippen LogP contribution in [0.2, 0.25) is 0 Å². The van der Waals surface area contributed by atoms with Gasteiger partial charge in [0, 0.05) is 33.3 Å². The smallest absolute Gasteiger partial charge is 0.191 e. The van der Waals surface area contributed by atoms with Crippen molar-refractivity contribution in [2.45, 2.75) is 46.0 Å². The van der Waals surface area contributed by atoms with Crippen molar-refractivity contribution >= 4 is 5.96 Å². The second-order valence-electron chi connectivity index (χ2n) is 8.30. The van der Waals surface area contributed by atoms with Crippen LogP contribution in [0.3, 0.4) is 0 Å². The van der Waals surface area contributed by atoms with Crippen molar-refractivity contribution in [3.63, 3.8) is 0 Å². The van der Waals surface area contributed by atoms with E-state index in [-0.39, 0.29) is 0 Å². The number of nitrogens with one attached hydrogen (secondary N) is 2. The van der Waals surface area contributed by atoms with Gasteiger partial charge in [-0.15, -0.1) is 0 Å². The Morgan fingerprint density at radius 3 is 2.33 bits per heavy atom. The Labute approximate surface area is 167 Å². The number of aliphatic imine (C=N–C) groups is 1. The van der Waals surface area contributed by atoms with Gasteiger partial charge >= 0.3 is 0 Å². The topological polar surface area (TPSA) is 52.1 Å². The highest BCUT2D eigenvalue weighted by Crippen LogP contribution is 2.17. The number of hydrogen-bond acceptors (Lipinski definition) is 4. The van der Waals surface area contributed by atoms with Crippen molar-refractivity contribution in [2.75, 3.05) is 72.6 Å². The molecule has 0 aromatic rings. The predicted molar refractivity (Wildman–Crippen MR) is 114 cm³/mol. The zero-order chi connectivity index (χ0) is 19.3. The van der Waals surface area contributed by atoms with Crippen molar-refractivity contribution in [3.05, 3.63) is 0 Å². The summed E-state index contributed by atoms with van der Waals surface area (Å²) in [4.78, 5) is 9.98. The summed E-state index contributed by atoms with van der Waals surface area (Å²) in [6.45, 7) is 15.4. The first-order valence-corrected chi connectivity index (χ1v) is 11.2. The first kappa shape index (κ1) is 22.4. The SMILES string of the molecule is CCNC(=NCC1CCN(CCOC)CC1)NCCCN1CCC(C)CC1. The summed E-state index contributed by atoms with van der Waals surface area (Å²) in [6.07, 6.45) is 6.42. The average molecular weight is 382 g/mol. The van der Waals surface area contributed by atoms with Crippen LogP contribution in [0, 0.1) is 11.8 Å². The lowest BCUT2D eigenvalue weighted by Crippen LogP contribution is -2.40. The van der Waals surface area contributed by atoms with E-state index in [4.69, 9.17) is 9.73 Å². The molecule has 2 saturated heterocycles. The van der Waals surface area contributed by atoms with Crippen molar-refractivity contribution in [3.8, 4) is 0 Å². The fourth-order valence-corrected chi connectivity index (χ4v) is 3.97. The van der Waals surface area contributed by atoms with E-state index in [0.29, 0.717) is 0 Å². The van der Waals surface area contributed by atoms with Gasteiger partial charge < -0.3 is 25.2 Å². The third-order valence-electron chi connectivity index (χ3n) is 5.99. The molecule has 6 nitrogen and oxygen atoms in total. The van der Waals surface area contributed by atoms with Gasteiger partial charge in [-0.2, -0.15) is 0 Å². The number of ether oxygens (including phenoxy) is 1. The second kappa shape index (κ2) is 13.3. The molecule has 0 amide bonds. The molecule has 0 aromatic carbocycles. The highest BCUT2D eigenvalue weighted by Gasteiger charge is 2.19.